The van der Waals surface area contributed by atoms with Crippen LogP contribution >= 0.6 is 0 Å². The second-order valence-corrected chi connectivity index (χ2v) is 12.2. The van der Waals surface area contributed by atoms with Crippen LogP contribution in [0.1, 0.15) is 155 Å². The molecule has 0 aliphatic heterocycles. The van der Waals surface area contributed by atoms with Gasteiger partial charge in [0.05, 0.1) is 6.10 Å². The second kappa shape index (κ2) is 35.4. The summed E-state index contributed by atoms with van der Waals surface area (Å²) in [6.07, 6.45) is 41.6. The lowest BCUT2D eigenvalue weighted by Crippen LogP contribution is -2.25. The molecule has 0 saturated carbocycles. The highest BCUT2D eigenvalue weighted by Gasteiger charge is 2.12. The van der Waals surface area contributed by atoms with Crippen LogP contribution in [-0.2, 0) is 19.1 Å². The number of aliphatic hydroxyl groups excluding tert-OH is 2. The van der Waals surface area contributed by atoms with Crippen molar-refractivity contribution in [3.05, 3.63) is 60.8 Å². The van der Waals surface area contributed by atoms with Crippen LogP contribution in [0.3, 0.4) is 0 Å². The zero-order valence-corrected chi connectivity index (χ0v) is 29.4. The highest BCUT2D eigenvalue weighted by atomic mass is 16.6. The van der Waals surface area contributed by atoms with E-state index in [0.717, 1.165) is 44.9 Å². The molecule has 46 heavy (non-hydrogen) atoms. The maximum atomic E-state index is 11.9. The smallest absolute Gasteiger partial charge is 0.305 e. The zero-order valence-electron chi connectivity index (χ0n) is 29.4. The molecule has 0 rings (SSSR count). The normalized spacial score (nSPS) is 13.6. The Morgan fingerprint density at radius 1 is 0.565 bits per heavy atom. The quantitative estimate of drug-likeness (QED) is 0.0328. The number of allylic oxidation sites excluding steroid dienone is 8. The fourth-order valence-electron chi connectivity index (χ4n) is 4.79. The average Bonchev–Trinajstić information content (AvgIpc) is 3.05. The molecule has 0 amide bonds. The van der Waals surface area contributed by atoms with E-state index in [9.17, 15) is 19.8 Å². The molecule has 0 aliphatic carbocycles. The fraction of sp³-hybridized carbons (Fsp3) is 0.700. The number of esters is 2. The number of ether oxygens (including phenoxy) is 2. The first-order chi connectivity index (χ1) is 22.5. The van der Waals surface area contributed by atoms with Crippen molar-refractivity contribution in [3.63, 3.8) is 0 Å². The Hall–Kier alpha value is -2.44. The van der Waals surface area contributed by atoms with Crippen molar-refractivity contribution in [3.8, 4) is 0 Å². The minimum Gasteiger partial charge on any atom is -0.463 e. The van der Waals surface area contributed by atoms with Crippen LogP contribution in [0.2, 0.25) is 0 Å². The van der Waals surface area contributed by atoms with Gasteiger partial charge in [-0.15, -0.1) is 0 Å². The van der Waals surface area contributed by atoms with E-state index in [0.29, 0.717) is 19.3 Å². The molecule has 264 valence electrons. The van der Waals surface area contributed by atoms with Crippen molar-refractivity contribution in [2.45, 2.75) is 167 Å². The summed E-state index contributed by atoms with van der Waals surface area (Å²) >= 11 is 0. The fourth-order valence-corrected chi connectivity index (χ4v) is 4.79. The molecule has 0 radical (unpaired) electrons. The Labute approximate surface area is 282 Å². The molecule has 0 aromatic heterocycles. The Kier molecular flexibility index (Phi) is 33.5. The highest BCUT2D eigenvalue weighted by molar-refractivity contribution is 5.69. The van der Waals surface area contributed by atoms with Crippen LogP contribution < -0.4 is 0 Å². The van der Waals surface area contributed by atoms with Gasteiger partial charge in [0.15, 0.2) is 0 Å². The predicted octanol–water partition coefficient (Wildman–Crippen LogP) is 10.2. The van der Waals surface area contributed by atoms with Gasteiger partial charge in [0.2, 0.25) is 0 Å². The second-order valence-electron chi connectivity index (χ2n) is 12.2. The lowest BCUT2D eigenvalue weighted by molar-refractivity contribution is -0.152. The van der Waals surface area contributed by atoms with Crippen molar-refractivity contribution >= 4 is 11.9 Å². The summed E-state index contributed by atoms with van der Waals surface area (Å²) in [5.41, 5.74) is 0. The van der Waals surface area contributed by atoms with Gasteiger partial charge in [-0.3, -0.25) is 9.59 Å². The number of rotatable bonds is 32. The minimum absolute atomic E-state index is 0.150. The zero-order chi connectivity index (χ0) is 33.8. The third kappa shape index (κ3) is 34.4. The summed E-state index contributed by atoms with van der Waals surface area (Å²) in [7, 11) is 0. The summed E-state index contributed by atoms with van der Waals surface area (Å²) in [6.45, 7) is 4.05. The molecule has 2 N–H and O–H groups in total. The van der Waals surface area contributed by atoms with Crippen LogP contribution in [0.15, 0.2) is 60.8 Å². The van der Waals surface area contributed by atoms with Crippen LogP contribution in [0.25, 0.3) is 0 Å². The highest BCUT2D eigenvalue weighted by Crippen LogP contribution is 2.13. The molecule has 1 unspecified atom stereocenters. The van der Waals surface area contributed by atoms with Gasteiger partial charge in [-0.05, 0) is 44.9 Å². The number of hydrogen-bond acceptors (Lipinski definition) is 6. The third-order valence-corrected chi connectivity index (χ3v) is 7.60. The largest absolute Gasteiger partial charge is 0.463 e. The van der Waals surface area contributed by atoms with Gasteiger partial charge in [0, 0.05) is 12.8 Å². The number of carbonyl (C=O) groups is 2. The molecule has 0 bridgehead atoms. The van der Waals surface area contributed by atoms with Gasteiger partial charge >= 0.3 is 11.9 Å². The number of aliphatic hydroxyl groups is 2. The van der Waals surface area contributed by atoms with E-state index >= 15 is 0 Å². The SMILES string of the molecule is CC/C=C\C/C=C\CC(O)/C=C/C=C\C/C=C\CCCC(=O)OC[C@@H](O)COC(=O)CCCCCCCCCCCCCCCC. The number of unbranched alkanes of at least 4 members (excludes halogenated alkanes) is 14. The van der Waals surface area contributed by atoms with Crippen LogP contribution in [-0.4, -0.2) is 47.6 Å². The lowest BCUT2D eigenvalue weighted by atomic mass is 10.0. The van der Waals surface area contributed by atoms with Gasteiger partial charge < -0.3 is 19.7 Å². The van der Waals surface area contributed by atoms with Crippen molar-refractivity contribution in [2.75, 3.05) is 13.2 Å². The molecule has 6 nitrogen and oxygen atoms in total. The predicted molar refractivity (Wildman–Crippen MR) is 193 cm³/mol. The van der Waals surface area contributed by atoms with E-state index in [2.05, 4.69) is 32.1 Å². The molecular weight excluding hydrogens is 576 g/mol. The summed E-state index contributed by atoms with van der Waals surface area (Å²) in [5.74, 6) is -0.671. The molecule has 0 saturated heterocycles. The van der Waals surface area contributed by atoms with Gasteiger partial charge in [0.1, 0.15) is 19.3 Å². The molecule has 0 aromatic rings. The van der Waals surface area contributed by atoms with E-state index in [1.807, 2.05) is 36.5 Å². The molecule has 0 aliphatic rings. The molecule has 0 fully saturated rings. The van der Waals surface area contributed by atoms with Gasteiger partial charge in [-0.25, -0.2) is 0 Å². The first kappa shape index (κ1) is 43.6. The van der Waals surface area contributed by atoms with E-state index in [4.69, 9.17) is 9.47 Å². The van der Waals surface area contributed by atoms with Gasteiger partial charge in [0.25, 0.3) is 0 Å². The van der Waals surface area contributed by atoms with E-state index in [1.165, 1.54) is 70.6 Å². The maximum Gasteiger partial charge on any atom is 0.305 e. The molecule has 6 heteroatoms. The Bertz CT molecular complexity index is 841. The molecular formula is C40H68O6. The summed E-state index contributed by atoms with van der Waals surface area (Å²) in [4.78, 5) is 23.9. The third-order valence-electron chi connectivity index (χ3n) is 7.60. The van der Waals surface area contributed by atoms with E-state index < -0.39 is 12.2 Å². The average molecular weight is 645 g/mol. The van der Waals surface area contributed by atoms with Crippen LogP contribution in [0, 0.1) is 0 Å². The summed E-state index contributed by atoms with van der Waals surface area (Å²) in [6, 6.07) is 0. The molecule has 2 atom stereocenters. The van der Waals surface area contributed by atoms with Crippen molar-refractivity contribution < 1.29 is 29.3 Å². The Balaban J connectivity index is 3.63. The van der Waals surface area contributed by atoms with Crippen molar-refractivity contribution in [1.82, 2.24) is 0 Å². The van der Waals surface area contributed by atoms with E-state index in [-0.39, 0.29) is 31.6 Å². The molecule has 0 spiro atoms. The minimum atomic E-state index is -1.00. The number of carbonyl (C=O) groups excluding carboxylic acids is 2. The first-order valence-corrected chi connectivity index (χ1v) is 18.4. The molecule has 0 heterocycles. The Morgan fingerprint density at radius 2 is 1.07 bits per heavy atom. The van der Waals surface area contributed by atoms with E-state index in [1.54, 1.807) is 6.08 Å². The topological polar surface area (TPSA) is 93.1 Å². The standard InChI is InChI=1S/C40H68O6/c1-3-5-7-9-11-12-13-14-15-16-17-21-25-29-33-39(43)45-35-38(42)36-46-40(44)34-30-26-22-19-18-20-24-28-32-37(41)31-27-23-10-8-6-4-2/h6,8,19-20,22-24,27-28,32,37-38,41-42H,3-5,7,9-18,21,25-26,29-31,33-36H2,1-2H3/b8-6-,22-19-,24-20-,27-23-,32-28+/t37?,38-/m0/s1. The summed E-state index contributed by atoms with van der Waals surface area (Å²) < 4.78 is 10.2. The maximum absolute atomic E-state index is 11.9. The van der Waals surface area contributed by atoms with Crippen molar-refractivity contribution in [1.29, 1.82) is 0 Å². The number of hydrogen-bond donors (Lipinski definition) is 2. The Morgan fingerprint density at radius 3 is 1.65 bits per heavy atom. The first-order valence-electron chi connectivity index (χ1n) is 18.4. The van der Waals surface area contributed by atoms with Crippen LogP contribution in [0.5, 0.6) is 0 Å². The van der Waals surface area contributed by atoms with Gasteiger partial charge in [-0.1, -0.05) is 158 Å². The summed E-state index contributed by atoms with van der Waals surface area (Å²) in [5, 5.41) is 19.9. The lowest BCUT2D eigenvalue weighted by Gasteiger charge is -2.12. The van der Waals surface area contributed by atoms with Crippen molar-refractivity contribution in [2.24, 2.45) is 0 Å². The monoisotopic (exact) mass is 645 g/mol. The van der Waals surface area contributed by atoms with Crippen LogP contribution in [0.4, 0.5) is 0 Å². The van der Waals surface area contributed by atoms with Gasteiger partial charge in [-0.2, -0.15) is 0 Å². The molecule has 0 aromatic carbocycles.